The van der Waals surface area contributed by atoms with Gasteiger partial charge in [-0.2, -0.15) is 4.98 Å². The van der Waals surface area contributed by atoms with Gasteiger partial charge in [-0.3, -0.25) is 4.98 Å². The van der Waals surface area contributed by atoms with E-state index in [0.29, 0.717) is 24.6 Å². The van der Waals surface area contributed by atoms with Crippen LogP contribution in [0.25, 0.3) is 17.0 Å². The number of fused-ring (bicyclic) bond motifs is 1. The quantitative estimate of drug-likeness (QED) is 0.363. The van der Waals surface area contributed by atoms with Crippen LogP contribution in [0.4, 0.5) is 5.82 Å². The lowest BCUT2D eigenvalue weighted by Crippen LogP contribution is -2.46. The van der Waals surface area contributed by atoms with E-state index in [2.05, 4.69) is 41.5 Å². The molecular weight excluding hydrogens is 442 g/mol. The Labute approximate surface area is 203 Å². The summed E-state index contributed by atoms with van der Waals surface area (Å²) in [6.07, 6.45) is 12.0. The first-order valence-corrected chi connectivity index (χ1v) is 11.6. The van der Waals surface area contributed by atoms with Gasteiger partial charge < -0.3 is 14.3 Å². The third-order valence-electron chi connectivity index (χ3n) is 5.92. The van der Waals surface area contributed by atoms with Crippen LogP contribution in [0, 0.1) is 0 Å². The van der Waals surface area contributed by atoms with Gasteiger partial charge in [-0.25, -0.2) is 14.5 Å². The fraction of sp³-hybridized carbons (Fsp3) is 0.280. The van der Waals surface area contributed by atoms with E-state index in [1.807, 2.05) is 48.0 Å². The molecule has 1 aliphatic heterocycles. The maximum Gasteiger partial charge on any atom is 0.227 e. The monoisotopic (exact) mass is 469 g/mol. The van der Waals surface area contributed by atoms with Gasteiger partial charge in [-0.05, 0) is 37.3 Å². The Bertz CT molecular complexity index is 1350. The topological polar surface area (TPSA) is 101 Å². The number of hydrogen-bond donors (Lipinski definition) is 0. The largest absolute Gasteiger partial charge is 0.353 e. The molecule has 4 aromatic rings. The van der Waals surface area contributed by atoms with Crippen molar-refractivity contribution in [1.82, 2.24) is 34.6 Å². The van der Waals surface area contributed by atoms with Crippen LogP contribution in [0.2, 0.25) is 0 Å². The number of aryl methyl sites for hydroxylation is 2. The Hall–Kier alpha value is -4.34. The first kappa shape index (κ1) is 22.5. The minimum Gasteiger partial charge on any atom is -0.353 e. The average Bonchev–Trinajstić information content (AvgIpc) is 3.55. The second-order valence-corrected chi connectivity index (χ2v) is 8.09. The Morgan fingerprint density at radius 1 is 1.11 bits per heavy atom. The van der Waals surface area contributed by atoms with E-state index in [0.717, 1.165) is 54.7 Å². The van der Waals surface area contributed by atoms with Crippen molar-refractivity contribution in [2.75, 3.05) is 31.1 Å². The van der Waals surface area contributed by atoms with Crippen molar-refractivity contribution >= 4 is 17.7 Å². The molecule has 10 heteroatoms. The lowest BCUT2D eigenvalue weighted by molar-refractivity contribution is 0.317. The number of piperazine rings is 1. The van der Waals surface area contributed by atoms with E-state index in [1.165, 1.54) is 0 Å². The second-order valence-electron chi connectivity index (χ2n) is 8.09. The van der Waals surface area contributed by atoms with Gasteiger partial charge in [0, 0.05) is 63.2 Å². The van der Waals surface area contributed by atoms with Crippen molar-refractivity contribution in [2.45, 2.75) is 19.8 Å². The van der Waals surface area contributed by atoms with E-state index in [-0.39, 0.29) is 0 Å². The molecule has 0 saturated carbocycles. The molecule has 5 heterocycles. The predicted octanol–water partition coefficient (Wildman–Crippen LogP) is 3.20. The van der Waals surface area contributed by atoms with E-state index >= 15 is 0 Å². The molecule has 0 bridgehead atoms. The number of aliphatic imine (C=N–C) groups is 1. The van der Waals surface area contributed by atoms with Crippen molar-refractivity contribution in [2.24, 2.45) is 4.99 Å². The highest BCUT2D eigenvalue weighted by atomic mass is 16.5. The molecule has 35 heavy (non-hydrogen) atoms. The summed E-state index contributed by atoms with van der Waals surface area (Å²) >= 11 is 0. The summed E-state index contributed by atoms with van der Waals surface area (Å²) < 4.78 is 7.36. The van der Waals surface area contributed by atoms with E-state index < -0.39 is 0 Å². The second kappa shape index (κ2) is 10.3. The molecule has 1 saturated heterocycles. The zero-order valence-corrected chi connectivity index (χ0v) is 19.7. The maximum absolute atomic E-state index is 5.45. The van der Waals surface area contributed by atoms with E-state index in [1.54, 1.807) is 24.7 Å². The highest BCUT2D eigenvalue weighted by Crippen LogP contribution is 2.19. The van der Waals surface area contributed by atoms with Crippen LogP contribution in [-0.4, -0.2) is 67.0 Å². The first-order valence-electron chi connectivity index (χ1n) is 11.6. The molecule has 5 rings (SSSR count). The van der Waals surface area contributed by atoms with Crippen LogP contribution in [0.3, 0.4) is 0 Å². The molecule has 0 spiro atoms. The third-order valence-corrected chi connectivity index (χ3v) is 5.92. The summed E-state index contributed by atoms with van der Waals surface area (Å²) in [6.45, 7) is 9.19. The summed E-state index contributed by atoms with van der Waals surface area (Å²) in [4.78, 5) is 22.1. The van der Waals surface area contributed by atoms with Crippen LogP contribution in [0.15, 0.2) is 76.9 Å². The molecule has 1 fully saturated rings. The highest BCUT2D eigenvalue weighted by Gasteiger charge is 2.20. The lowest BCUT2D eigenvalue weighted by atomic mass is 10.2. The third kappa shape index (κ3) is 4.96. The number of rotatable bonds is 8. The predicted molar refractivity (Wildman–Crippen MR) is 134 cm³/mol. The average molecular weight is 470 g/mol. The molecule has 0 radical (unpaired) electrons. The van der Waals surface area contributed by atoms with Crippen LogP contribution in [-0.2, 0) is 12.8 Å². The van der Waals surface area contributed by atoms with Crippen molar-refractivity contribution in [3.63, 3.8) is 0 Å². The van der Waals surface area contributed by atoms with E-state index in [4.69, 9.17) is 9.62 Å². The molecule has 0 N–H and O–H groups in total. The summed E-state index contributed by atoms with van der Waals surface area (Å²) in [6, 6.07) is 7.77. The number of allylic oxidation sites excluding steroid dienone is 2. The number of aromatic nitrogens is 6. The van der Waals surface area contributed by atoms with Gasteiger partial charge in [0.2, 0.25) is 11.7 Å². The molecule has 4 aromatic heterocycles. The summed E-state index contributed by atoms with van der Waals surface area (Å²) in [5, 5.41) is 8.98. The minimum atomic E-state index is 0.566. The van der Waals surface area contributed by atoms with Gasteiger partial charge in [0.15, 0.2) is 5.65 Å². The molecule has 178 valence electrons. The van der Waals surface area contributed by atoms with E-state index in [9.17, 15) is 0 Å². The molecule has 1 aliphatic rings. The standard InChI is InChI=1S/C25H27N9O/c1-3-11-27-21(4-2)32-14-16-33(17-15-32)23-7-6-22-28-18-20(34(22)30-23)5-8-24-29-25(31-35-24)19-9-12-26-13-10-19/h3-4,6-7,9-13,18H,1,5,8,14-17H2,2H3/b21-4+,27-11?. The Balaban J connectivity index is 1.25. The van der Waals surface area contributed by atoms with Gasteiger partial charge in [-0.15, -0.1) is 5.10 Å². The number of anilines is 1. The normalized spacial score (nSPS) is 14.8. The van der Waals surface area contributed by atoms with Crippen molar-refractivity contribution in [1.29, 1.82) is 0 Å². The zero-order valence-electron chi connectivity index (χ0n) is 19.7. The number of imidazole rings is 1. The fourth-order valence-corrected chi connectivity index (χ4v) is 4.09. The molecule has 10 nitrogen and oxygen atoms in total. The smallest absolute Gasteiger partial charge is 0.227 e. The Kier molecular flexibility index (Phi) is 6.60. The number of nitrogens with zero attached hydrogens (tertiary/aromatic N) is 9. The Morgan fingerprint density at radius 2 is 1.94 bits per heavy atom. The van der Waals surface area contributed by atoms with Gasteiger partial charge in [0.1, 0.15) is 11.6 Å². The molecular formula is C25H27N9O. The van der Waals surface area contributed by atoms with Gasteiger partial charge in [-0.1, -0.05) is 17.8 Å². The van der Waals surface area contributed by atoms with Gasteiger partial charge in [0.25, 0.3) is 0 Å². The van der Waals surface area contributed by atoms with Crippen LogP contribution in [0.5, 0.6) is 0 Å². The molecule has 0 aliphatic carbocycles. The summed E-state index contributed by atoms with van der Waals surface area (Å²) in [5.74, 6) is 3.05. The van der Waals surface area contributed by atoms with Crippen molar-refractivity contribution in [3.05, 3.63) is 79.0 Å². The van der Waals surface area contributed by atoms with Crippen LogP contribution >= 0.6 is 0 Å². The minimum absolute atomic E-state index is 0.566. The van der Waals surface area contributed by atoms with Crippen LogP contribution < -0.4 is 4.90 Å². The van der Waals surface area contributed by atoms with Crippen molar-refractivity contribution < 1.29 is 4.52 Å². The summed E-state index contributed by atoms with van der Waals surface area (Å²) in [5.41, 5.74) is 2.70. The van der Waals surface area contributed by atoms with Crippen molar-refractivity contribution in [3.8, 4) is 11.4 Å². The molecule has 0 amide bonds. The first-order chi connectivity index (χ1) is 17.2. The van der Waals surface area contributed by atoms with Crippen LogP contribution in [0.1, 0.15) is 18.5 Å². The molecule has 0 unspecified atom stereocenters. The summed E-state index contributed by atoms with van der Waals surface area (Å²) in [7, 11) is 0. The SMILES string of the molecule is C=CC=N/C(=C\C)N1CCN(c2ccc3ncc(CCc4nc(-c5ccncc5)no4)n3n2)CC1. The van der Waals surface area contributed by atoms with Gasteiger partial charge in [0.05, 0.1) is 11.9 Å². The number of hydrogen-bond acceptors (Lipinski definition) is 9. The van der Waals surface area contributed by atoms with Gasteiger partial charge >= 0.3 is 0 Å². The highest BCUT2D eigenvalue weighted by molar-refractivity contribution is 5.71. The number of pyridine rings is 1. The maximum atomic E-state index is 5.45. The lowest BCUT2D eigenvalue weighted by Gasteiger charge is -2.36. The fourth-order valence-electron chi connectivity index (χ4n) is 4.09. The Morgan fingerprint density at radius 3 is 2.71 bits per heavy atom. The molecule has 0 atom stereocenters. The molecule has 0 aromatic carbocycles. The zero-order chi connectivity index (χ0) is 24.0.